The normalized spacial score (nSPS) is 22.3. The maximum Gasteiger partial charge on any atom is 0.321 e. The summed E-state index contributed by atoms with van der Waals surface area (Å²) in [6.45, 7) is 2.41. The van der Waals surface area contributed by atoms with E-state index in [1.807, 2.05) is 6.92 Å². The van der Waals surface area contributed by atoms with E-state index in [4.69, 9.17) is 5.11 Å². The van der Waals surface area contributed by atoms with E-state index in [2.05, 4.69) is 5.32 Å². The Morgan fingerprint density at radius 2 is 1.95 bits per heavy atom. The fourth-order valence-corrected chi connectivity index (χ4v) is 2.19. The van der Waals surface area contributed by atoms with Gasteiger partial charge in [-0.05, 0) is 30.2 Å². The van der Waals surface area contributed by atoms with Crippen LogP contribution in [0.2, 0.25) is 0 Å². The van der Waals surface area contributed by atoms with Crippen LogP contribution in [0.15, 0.2) is 24.3 Å². The number of anilines is 1. The minimum Gasteiger partial charge on any atom is -0.481 e. The molecule has 0 spiro atoms. The number of benzene rings is 1. The van der Waals surface area contributed by atoms with Crippen LogP contribution in [0.5, 0.6) is 0 Å². The first-order valence-electron chi connectivity index (χ1n) is 6.01. The molecule has 2 rings (SSSR count). The molecule has 19 heavy (non-hydrogen) atoms. The molecule has 0 bridgehead atoms. The van der Waals surface area contributed by atoms with Crippen molar-refractivity contribution >= 4 is 17.7 Å². The lowest BCUT2D eigenvalue weighted by Crippen LogP contribution is -2.33. The van der Waals surface area contributed by atoms with Gasteiger partial charge in [0.2, 0.25) is 0 Å². The van der Waals surface area contributed by atoms with Crippen LogP contribution in [0.4, 0.5) is 14.9 Å². The molecule has 1 aromatic carbocycles. The Labute approximate surface area is 110 Å². The van der Waals surface area contributed by atoms with E-state index in [1.54, 1.807) is 0 Å². The molecule has 0 saturated carbocycles. The van der Waals surface area contributed by atoms with Crippen LogP contribution in [0.3, 0.4) is 0 Å². The van der Waals surface area contributed by atoms with Gasteiger partial charge in [0.1, 0.15) is 5.82 Å². The number of hydrogen-bond acceptors (Lipinski definition) is 2. The Hall–Kier alpha value is -2.11. The summed E-state index contributed by atoms with van der Waals surface area (Å²) in [4.78, 5) is 24.4. The van der Waals surface area contributed by atoms with Crippen LogP contribution >= 0.6 is 0 Å². The fraction of sp³-hybridized carbons (Fsp3) is 0.385. The van der Waals surface area contributed by atoms with Crippen molar-refractivity contribution in [2.45, 2.75) is 6.92 Å². The zero-order chi connectivity index (χ0) is 14.0. The number of aliphatic carboxylic acids is 1. The van der Waals surface area contributed by atoms with Gasteiger partial charge in [0, 0.05) is 18.8 Å². The lowest BCUT2D eigenvalue weighted by molar-refractivity contribution is -0.142. The van der Waals surface area contributed by atoms with Gasteiger partial charge in [-0.2, -0.15) is 0 Å². The Balaban J connectivity index is 1.98. The highest BCUT2D eigenvalue weighted by atomic mass is 19.1. The third kappa shape index (κ3) is 3.01. The van der Waals surface area contributed by atoms with Gasteiger partial charge in [-0.1, -0.05) is 6.92 Å². The van der Waals surface area contributed by atoms with E-state index in [9.17, 15) is 14.0 Å². The standard InChI is InChI=1S/C13H15FN2O3/c1-8-6-16(7-11(8)12(17)18)13(19)15-10-4-2-9(14)3-5-10/h2-5,8,11H,6-7H2,1H3,(H,15,19)(H,17,18)/t8-,11-/m1/s1. The summed E-state index contributed by atoms with van der Waals surface area (Å²) < 4.78 is 12.7. The summed E-state index contributed by atoms with van der Waals surface area (Å²) in [5.74, 6) is -1.86. The number of amides is 2. The maximum absolute atomic E-state index is 12.7. The first-order chi connectivity index (χ1) is 8.97. The SMILES string of the molecule is C[C@@H]1CN(C(=O)Nc2ccc(F)cc2)C[C@H]1C(=O)O. The average molecular weight is 266 g/mol. The lowest BCUT2D eigenvalue weighted by atomic mass is 9.99. The summed E-state index contributed by atoms with van der Waals surface area (Å²) in [6.07, 6.45) is 0. The summed E-state index contributed by atoms with van der Waals surface area (Å²) in [7, 11) is 0. The second-order valence-corrected chi connectivity index (χ2v) is 4.76. The molecule has 1 heterocycles. The van der Waals surface area contributed by atoms with Gasteiger partial charge in [0.25, 0.3) is 0 Å². The number of urea groups is 1. The van der Waals surface area contributed by atoms with Crippen molar-refractivity contribution in [1.29, 1.82) is 0 Å². The molecule has 102 valence electrons. The Kier molecular flexibility index (Phi) is 3.69. The predicted molar refractivity (Wildman–Crippen MR) is 67.3 cm³/mol. The van der Waals surface area contributed by atoms with Crippen molar-refractivity contribution in [3.63, 3.8) is 0 Å². The topological polar surface area (TPSA) is 69.6 Å². The van der Waals surface area contributed by atoms with Gasteiger partial charge >= 0.3 is 12.0 Å². The van der Waals surface area contributed by atoms with Crippen LogP contribution in [0.25, 0.3) is 0 Å². The van der Waals surface area contributed by atoms with Crippen molar-refractivity contribution in [1.82, 2.24) is 4.90 Å². The third-order valence-corrected chi connectivity index (χ3v) is 3.31. The van der Waals surface area contributed by atoms with Crippen LogP contribution in [0, 0.1) is 17.7 Å². The molecule has 1 aliphatic heterocycles. The molecule has 1 aromatic rings. The molecule has 2 amide bonds. The molecular weight excluding hydrogens is 251 g/mol. The van der Waals surface area contributed by atoms with Crippen LogP contribution in [-0.2, 0) is 4.79 Å². The zero-order valence-corrected chi connectivity index (χ0v) is 10.5. The minimum atomic E-state index is -0.885. The van der Waals surface area contributed by atoms with Crippen molar-refractivity contribution in [2.24, 2.45) is 11.8 Å². The summed E-state index contributed by atoms with van der Waals surface area (Å²) in [6, 6.07) is 5.06. The molecule has 5 nitrogen and oxygen atoms in total. The zero-order valence-electron chi connectivity index (χ0n) is 10.5. The molecule has 0 aliphatic carbocycles. The highest BCUT2D eigenvalue weighted by Crippen LogP contribution is 2.23. The minimum absolute atomic E-state index is 0.0727. The quantitative estimate of drug-likeness (QED) is 0.860. The summed E-state index contributed by atoms with van der Waals surface area (Å²) in [5, 5.41) is 11.6. The molecule has 0 radical (unpaired) electrons. The van der Waals surface area contributed by atoms with Crippen LogP contribution in [-0.4, -0.2) is 35.1 Å². The van der Waals surface area contributed by atoms with E-state index >= 15 is 0 Å². The van der Waals surface area contributed by atoms with E-state index in [-0.39, 0.29) is 24.3 Å². The molecule has 2 N–H and O–H groups in total. The van der Waals surface area contributed by atoms with Gasteiger partial charge < -0.3 is 15.3 Å². The Bertz CT molecular complexity index is 489. The van der Waals surface area contributed by atoms with Gasteiger partial charge in [-0.25, -0.2) is 9.18 Å². The maximum atomic E-state index is 12.7. The lowest BCUT2D eigenvalue weighted by Gasteiger charge is -2.16. The Morgan fingerprint density at radius 3 is 2.47 bits per heavy atom. The molecule has 0 unspecified atom stereocenters. The number of carbonyl (C=O) groups excluding carboxylic acids is 1. The van der Waals surface area contributed by atoms with Crippen LogP contribution < -0.4 is 5.32 Å². The number of nitrogens with zero attached hydrogens (tertiary/aromatic N) is 1. The highest BCUT2D eigenvalue weighted by molar-refractivity contribution is 5.90. The summed E-state index contributed by atoms with van der Waals surface area (Å²) in [5.41, 5.74) is 0.484. The average Bonchev–Trinajstić information content (AvgIpc) is 2.74. The van der Waals surface area contributed by atoms with Gasteiger partial charge in [-0.15, -0.1) is 0 Å². The van der Waals surface area contributed by atoms with Gasteiger partial charge in [0.15, 0.2) is 0 Å². The third-order valence-electron chi connectivity index (χ3n) is 3.31. The second-order valence-electron chi connectivity index (χ2n) is 4.76. The number of nitrogens with one attached hydrogen (secondary N) is 1. The number of rotatable bonds is 2. The number of likely N-dealkylation sites (tertiary alicyclic amines) is 1. The summed E-state index contributed by atoms with van der Waals surface area (Å²) >= 11 is 0. The molecule has 0 aromatic heterocycles. The molecule has 1 fully saturated rings. The van der Waals surface area contributed by atoms with Crippen LogP contribution in [0.1, 0.15) is 6.92 Å². The molecule has 6 heteroatoms. The molecule has 1 saturated heterocycles. The number of carbonyl (C=O) groups is 2. The first kappa shape index (κ1) is 13.3. The van der Waals surface area contributed by atoms with Crippen molar-refractivity contribution < 1.29 is 19.1 Å². The van der Waals surface area contributed by atoms with E-state index in [1.165, 1.54) is 29.2 Å². The Morgan fingerprint density at radius 1 is 1.32 bits per heavy atom. The first-order valence-corrected chi connectivity index (χ1v) is 6.01. The second kappa shape index (κ2) is 5.26. The molecule has 1 aliphatic rings. The van der Waals surface area contributed by atoms with Crippen molar-refractivity contribution in [2.75, 3.05) is 18.4 Å². The number of carboxylic acid groups (broad SMARTS) is 1. The molecular formula is C13H15FN2O3. The monoisotopic (exact) mass is 266 g/mol. The smallest absolute Gasteiger partial charge is 0.321 e. The van der Waals surface area contributed by atoms with Crippen molar-refractivity contribution in [3.05, 3.63) is 30.1 Å². The number of carboxylic acids is 1. The largest absolute Gasteiger partial charge is 0.481 e. The van der Waals surface area contributed by atoms with E-state index in [0.717, 1.165) is 0 Å². The van der Waals surface area contributed by atoms with Gasteiger partial charge in [0.05, 0.1) is 5.92 Å². The highest BCUT2D eigenvalue weighted by Gasteiger charge is 2.36. The predicted octanol–water partition coefficient (Wildman–Crippen LogP) is 2.01. The molecule has 2 atom stereocenters. The van der Waals surface area contributed by atoms with Gasteiger partial charge in [-0.3, -0.25) is 4.79 Å². The fourth-order valence-electron chi connectivity index (χ4n) is 2.19. The van der Waals surface area contributed by atoms with Crippen molar-refractivity contribution in [3.8, 4) is 0 Å². The number of halogens is 1. The van der Waals surface area contributed by atoms with E-state index in [0.29, 0.717) is 12.2 Å². The van der Waals surface area contributed by atoms with E-state index < -0.39 is 11.9 Å². The number of hydrogen-bond donors (Lipinski definition) is 2.